The summed E-state index contributed by atoms with van der Waals surface area (Å²) >= 11 is 0. The average Bonchev–Trinajstić information content (AvgIpc) is 3.04. The van der Waals surface area contributed by atoms with Crippen molar-refractivity contribution in [1.82, 2.24) is 9.38 Å². The number of amides is 1. The molecule has 0 atom stereocenters. The van der Waals surface area contributed by atoms with Crippen LogP contribution in [-0.2, 0) is 9.53 Å². The van der Waals surface area contributed by atoms with E-state index in [0.29, 0.717) is 16.9 Å². The monoisotopic (exact) mass is 337 g/mol. The van der Waals surface area contributed by atoms with Crippen LogP contribution in [0.15, 0.2) is 54.9 Å². The van der Waals surface area contributed by atoms with Gasteiger partial charge in [0.05, 0.1) is 5.69 Å². The number of hydrogen-bond donors (Lipinski definition) is 1. The maximum atomic E-state index is 12.0. The van der Waals surface area contributed by atoms with Crippen molar-refractivity contribution in [2.45, 2.75) is 6.92 Å². The van der Waals surface area contributed by atoms with Crippen LogP contribution < -0.4 is 5.32 Å². The molecule has 0 aliphatic heterocycles. The number of carbonyl (C=O) groups excluding carboxylic acids is 3. The van der Waals surface area contributed by atoms with Crippen LogP contribution in [0.2, 0.25) is 0 Å². The zero-order chi connectivity index (χ0) is 17.8. The molecular formula is C18H15N3O4. The molecule has 126 valence electrons. The average molecular weight is 337 g/mol. The van der Waals surface area contributed by atoms with E-state index in [-0.39, 0.29) is 11.5 Å². The number of nitrogens with one attached hydrogen (secondary N) is 1. The minimum absolute atomic E-state index is 0.114. The zero-order valence-corrected chi connectivity index (χ0v) is 13.4. The van der Waals surface area contributed by atoms with Gasteiger partial charge >= 0.3 is 5.97 Å². The number of pyridine rings is 1. The van der Waals surface area contributed by atoms with Gasteiger partial charge in [0.25, 0.3) is 5.91 Å². The molecule has 1 aromatic carbocycles. The summed E-state index contributed by atoms with van der Waals surface area (Å²) in [6.07, 6.45) is 3.28. The Morgan fingerprint density at radius 3 is 2.64 bits per heavy atom. The van der Waals surface area contributed by atoms with Gasteiger partial charge < -0.3 is 14.5 Å². The van der Waals surface area contributed by atoms with Crippen molar-refractivity contribution in [3.63, 3.8) is 0 Å². The number of hydrogen-bond acceptors (Lipinski definition) is 5. The Kier molecular flexibility index (Phi) is 4.56. The molecular weight excluding hydrogens is 322 g/mol. The van der Waals surface area contributed by atoms with Crippen molar-refractivity contribution in [1.29, 1.82) is 0 Å². The Labute approximate surface area is 143 Å². The standard InChI is InChI=1S/C18H15N3O4/c1-12(22)13-6-2-3-7-14(13)20-17(23)11-25-18(24)15-10-21-9-5-4-8-16(21)19-15/h2-10H,11H2,1H3,(H,20,23). The molecule has 0 unspecified atom stereocenters. The van der Waals surface area contributed by atoms with Crippen LogP contribution in [0.5, 0.6) is 0 Å². The highest BCUT2D eigenvalue weighted by atomic mass is 16.5. The summed E-state index contributed by atoms with van der Waals surface area (Å²) in [5.41, 5.74) is 1.49. The Hall–Kier alpha value is -3.48. The first-order chi connectivity index (χ1) is 12.0. The van der Waals surface area contributed by atoms with Crippen LogP contribution in [-0.4, -0.2) is 33.7 Å². The maximum absolute atomic E-state index is 12.0. The molecule has 0 radical (unpaired) electrons. The molecule has 2 heterocycles. The number of para-hydroxylation sites is 1. The molecule has 0 bridgehead atoms. The van der Waals surface area contributed by atoms with Crippen molar-refractivity contribution in [3.05, 3.63) is 66.1 Å². The molecule has 25 heavy (non-hydrogen) atoms. The molecule has 0 saturated carbocycles. The number of Topliss-reactive ketones (excluding diaryl/α,β-unsaturated/α-hetero) is 1. The molecule has 7 heteroatoms. The zero-order valence-electron chi connectivity index (χ0n) is 13.4. The lowest BCUT2D eigenvalue weighted by Gasteiger charge is -2.09. The van der Waals surface area contributed by atoms with Gasteiger partial charge in [0, 0.05) is 18.0 Å². The van der Waals surface area contributed by atoms with Gasteiger partial charge in [-0.3, -0.25) is 9.59 Å². The summed E-state index contributed by atoms with van der Waals surface area (Å²) < 4.78 is 6.66. The molecule has 0 saturated heterocycles. The second-order valence-electron chi connectivity index (χ2n) is 5.32. The van der Waals surface area contributed by atoms with E-state index in [4.69, 9.17) is 4.74 Å². The highest BCUT2D eigenvalue weighted by Gasteiger charge is 2.15. The lowest BCUT2D eigenvalue weighted by molar-refractivity contribution is -0.119. The highest BCUT2D eigenvalue weighted by Crippen LogP contribution is 2.15. The topological polar surface area (TPSA) is 89.8 Å². The highest BCUT2D eigenvalue weighted by molar-refractivity contribution is 6.04. The van der Waals surface area contributed by atoms with Gasteiger partial charge in [-0.15, -0.1) is 0 Å². The van der Waals surface area contributed by atoms with Crippen LogP contribution in [0.3, 0.4) is 0 Å². The molecule has 0 fully saturated rings. The molecule has 2 aromatic heterocycles. The third-order valence-corrected chi connectivity index (χ3v) is 3.49. The summed E-state index contributed by atoms with van der Waals surface area (Å²) in [4.78, 5) is 39.6. The van der Waals surface area contributed by atoms with Crippen LogP contribution in [0.25, 0.3) is 5.65 Å². The minimum Gasteiger partial charge on any atom is -0.451 e. The first kappa shape index (κ1) is 16.4. The number of benzene rings is 1. The first-order valence-electron chi connectivity index (χ1n) is 7.55. The van der Waals surface area contributed by atoms with Crippen LogP contribution in [0.4, 0.5) is 5.69 Å². The fraction of sp³-hybridized carbons (Fsp3) is 0.111. The molecule has 0 aliphatic carbocycles. The summed E-state index contributed by atoms with van der Waals surface area (Å²) in [7, 11) is 0. The number of fused-ring (bicyclic) bond motifs is 1. The van der Waals surface area contributed by atoms with E-state index in [1.54, 1.807) is 47.0 Å². The van der Waals surface area contributed by atoms with Crippen molar-refractivity contribution in [2.75, 3.05) is 11.9 Å². The number of esters is 1. The quantitative estimate of drug-likeness (QED) is 0.570. The summed E-state index contributed by atoms with van der Waals surface area (Å²) in [6, 6.07) is 12.0. The number of nitrogens with zero attached hydrogens (tertiary/aromatic N) is 2. The maximum Gasteiger partial charge on any atom is 0.359 e. The Balaban J connectivity index is 1.62. The third-order valence-electron chi connectivity index (χ3n) is 3.49. The van der Waals surface area contributed by atoms with Gasteiger partial charge in [-0.25, -0.2) is 9.78 Å². The predicted molar refractivity (Wildman–Crippen MR) is 90.6 cm³/mol. The van der Waals surface area contributed by atoms with Crippen LogP contribution in [0.1, 0.15) is 27.8 Å². The van der Waals surface area contributed by atoms with Crippen LogP contribution in [0, 0.1) is 0 Å². The van der Waals surface area contributed by atoms with E-state index in [1.165, 1.54) is 13.1 Å². The predicted octanol–water partition coefficient (Wildman–Crippen LogP) is 2.33. The lowest BCUT2D eigenvalue weighted by atomic mass is 10.1. The Bertz CT molecular complexity index is 929. The van der Waals surface area contributed by atoms with Gasteiger partial charge in [-0.2, -0.15) is 0 Å². The number of carbonyl (C=O) groups is 3. The number of ketones is 1. The summed E-state index contributed by atoms with van der Waals surface area (Å²) in [5, 5.41) is 2.56. The second kappa shape index (κ2) is 6.96. The van der Waals surface area contributed by atoms with Crippen molar-refractivity contribution < 1.29 is 19.1 Å². The summed E-state index contributed by atoms with van der Waals surface area (Å²) in [6.45, 7) is 0.938. The molecule has 3 rings (SSSR count). The van der Waals surface area contributed by atoms with E-state index in [9.17, 15) is 14.4 Å². The van der Waals surface area contributed by atoms with E-state index < -0.39 is 18.5 Å². The SMILES string of the molecule is CC(=O)c1ccccc1NC(=O)COC(=O)c1cn2ccccc2n1. The first-order valence-corrected chi connectivity index (χ1v) is 7.55. The number of rotatable bonds is 5. The Morgan fingerprint density at radius 2 is 1.88 bits per heavy atom. The normalized spacial score (nSPS) is 10.4. The largest absolute Gasteiger partial charge is 0.451 e. The minimum atomic E-state index is -0.696. The van der Waals surface area contributed by atoms with Gasteiger partial charge in [0.2, 0.25) is 0 Å². The fourth-order valence-electron chi connectivity index (χ4n) is 2.32. The smallest absolute Gasteiger partial charge is 0.359 e. The number of aromatic nitrogens is 2. The number of anilines is 1. The van der Waals surface area contributed by atoms with E-state index >= 15 is 0 Å². The van der Waals surface area contributed by atoms with Gasteiger partial charge in [-0.05, 0) is 31.2 Å². The summed E-state index contributed by atoms with van der Waals surface area (Å²) in [5.74, 6) is -1.40. The van der Waals surface area contributed by atoms with Gasteiger partial charge in [0.1, 0.15) is 5.65 Å². The molecule has 7 nitrogen and oxygen atoms in total. The van der Waals surface area contributed by atoms with Crippen molar-refractivity contribution in [3.8, 4) is 0 Å². The molecule has 1 N–H and O–H groups in total. The van der Waals surface area contributed by atoms with E-state index in [0.717, 1.165) is 0 Å². The fourth-order valence-corrected chi connectivity index (χ4v) is 2.32. The number of imidazole rings is 1. The van der Waals surface area contributed by atoms with Crippen LogP contribution >= 0.6 is 0 Å². The molecule has 1 amide bonds. The Morgan fingerprint density at radius 1 is 1.12 bits per heavy atom. The molecule has 0 spiro atoms. The molecule has 3 aromatic rings. The lowest BCUT2D eigenvalue weighted by Crippen LogP contribution is -2.22. The third kappa shape index (κ3) is 3.72. The van der Waals surface area contributed by atoms with Crippen molar-refractivity contribution >= 4 is 29.0 Å². The van der Waals surface area contributed by atoms with Gasteiger partial charge in [0.15, 0.2) is 18.1 Å². The van der Waals surface area contributed by atoms with Crippen molar-refractivity contribution in [2.24, 2.45) is 0 Å². The van der Waals surface area contributed by atoms with E-state index in [1.807, 2.05) is 6.07 Å². The second-order valence-corrected chi connectivity index (χ2v) is 5.32. The van der Waals surface area contributed by atoms with Gasteiger partial charge in [-0.1, -0.05) is 18.2 Å². The van der Waals surface area contributed by atoms with E-state index in [2.05, 4.69) is 10.3 Å². The number of ether oxygens (including phenoxy) is 1. The molecule has 0 aliphatic rings.